The van der Waals surface area contributed by atoms with E-state index >= 15 is 0 Å². The zero-order valence-corrected chi connectivity index (χ0v) is 13.0. The third-order valence-electron chi connectivity index (χ3n) is 2.56. The van der Waals surface area contributed by atoms with Gasteiger partial charge >= 0.3 is 15.6 Å². The Labute approximate surface area is 132 Å². The first-order valence-electron chi connectivity index (χ1n) is 6.56. The van der Waals surface area contributed by atoms with Crippen LogP contribution in [0.25, 0.3) is 0 Å². The average Bonchev–Trinajstić information content (AvgIpc) is 2.49. The topological polar surface area (TPSA) is 61.8 Å². The summed E-state index contributed by atoms with van der Waals surface area (Å²) in [6.45, 7) is 2.73. The molecular formula is C14H17F3O5S. The molecule has 9 heteroatoms. The highest BCUT2D eigenvalue weighted by Crippen LogP contribution is 2.24. The number of alkyl halides is 3. The van der Waals surface area contributed by atoms with Crippen molar-refractivity contribution in [3.05, 3.63) is 48.6 Å². The predicted octanol–water partition coefficient (Wildman–Crippen LogP) is 2.64. The predicted molar refractivity (Wildman–Crippen MR) is 77.0 cm³/mol. The smallest absolute Gasteiger partial charge is 0.375 e. The van der Waals surface area contributed by atoms with Crippen molar-refractivity contribution in [3.8, 4) is 0 Å². The maximum atomic E-state index is 12.2. The Bertz CT molecular complexity index is 572. The van der Waals surface area contributed by atoms with Gasteiger partial charge in [-0.3, -0.25) is 4.18 Å². The van der Waals surface area contributed by atoms with E-state index in [9.17, 15) is 21.6 Å². The van der Waals surface area contributed by atoms with E-state index in [1.54, 1.807) is 30.3 Å². The molecule has 0 saturated heterocycles. The molecule has 1 unspecified atom stereocenters. The first-order valence-corrected chi connectivity index (χ1v) is 7.97. The monoisotopic (exact) mass is 354 g/mol. The summed E-state index contributed by atoms with van der Waals surface area (Å²) in [7, 11) is -5.66. The number of hydrogen-bond donors (Lipinski definition) is 0. The minimum Gasteiger partial charge on any atom is -0.375 e. The maximum absolute atomic E-state index is 12.2. The quantitative estimate of drug-likeness (QED) is 0.280. The van der Waals surface area contributed by atoms with Crippen molar-refractivity contribution < 1.29 is 35.2 Å². The lowest BCUT2D eigenvalue weighted by Crippen LogP contribution is -2.32. The molecule has 1 atom stereocenters. The third-order valence-corrected chi connectivity index (χ3v) is 3.57. The highest BCUT2D eigenvalue weighted by molar-refractivity contribution is 7.87. The molecule has 1 rings (SSSR count). The molecule has 0 aromatic heterocycles. The molecule has 0 heterocycles. The van der Waals surface area contributed by atoms with Gasteiger partial charge in [0.2, 0.25) is 0 Å². The summed E-state index contributed by atoms with van der Waals surface area (Å²) in [6, 6.07) is 8.86. The molecule has 0 radical (unpaired) electrons. The van der Waals surface area contributed by atoms with Crippen molar-refractivity contribution in [1.82, 2.24) is 0 Å². The van der Waals surface area contributed by atoms with E-state index in [1.807, 2.05) is 0 Å². The number of rotatable bonds is 10. The van der Waals surface area contributed by atoms with Crippen molar-refractivity contribution >= 4 is 10.1 Å². The van der Waals surface area contributed by atoms with Crippen LogP contribution >= 0.6 is 0 Å². The van der Waals surface area contributed by atoms with Gasteiger partial charge in [0, 0.05) is 0 Å². The first kappa shape index (κ1) is 19.6. The Morgan fingerprint density at radius 2 is 1.83 bits per heavy atom. The SMILES string of the molecule is C=CCOCC(COS(=O)(=O)C(F)(F)F)OCc1ccccc1. The summed E-state index contributed by atoms with van der Waals surface area (Å²) in [6.07, 6.45) is 0.467. The van der Waals surface area contributed by atoms with E-state index in [0.717, 1.165) is 5.56 Å². The molecule has 130 valence electrons. The Morgan fingerprint density at radius 1 is 1.17 bits per heavy atom. The minimum absolute atomic E-state index is 0.0817. The number of hydrogen-bond acceptors (Lipinski definition) is 5. The second kappa shape index (κ2) is 9.02. The van der Waals surface area contributed by atoms with Gasteiger partial charge < -0.3 is 9.47 Å². The Kier molecular flexibility index (Phi) is 7.69. The average molecular weight is 354 g/mol. The normalized spacial score (nSPS) is 13.7. The molecule has 0 spiro atoms. The van der Waals surface area contributed by atoms with Gasteiger partial charge in [-0.05, 0) is 5.56 Å². The summed E-state index contributed by atoms with van der Waals surface area (Å²) >= 11 is 0. The molecule has 0 amide bonds. The lowest BCUT2D eigenvalue weighted by atomic mass is 10.2. The van der Waals surface area contributed by atoms with Crippen LogP contribution in [0.4, 0.5) is 13.2 Å². The van der Waals surface area contributed by atoms with E-state index in [0.29, 0.717) is 0 Å². The molecule has 0 aliphatic carbocycles. The second-order valence-electron chi connectivity index (χ2n) is 4.43. The Hall–Kier alpha value is -1.42. The van der Waals surface area contributed by atoms with E-state index in [-0.39, 0.29) is 19.8 Å². The lowest BCUT2D eigenvalue weighted by molar-refractivity contribution is -0.0668. The molecular weight excluding hydrogens is 337 g/mol. The zero-order chi connectivity index (χ0) is 17.3. The van der Waals surface area contributed by atoms with Crippen molar-refractivity contribution in [1.29, 1.82) is 0 Å². The summed E-state index contributed by atoms with van der Waals surface area (Å²) in [5, 5.41) is 0. The Morgan fingerprint density at radius 3 is 2.39 bits per heavy atom. The molecule has 0 aliphatic heterocycles. The van der Waals surface area contributed by atoms with Gasteiger partial charge in [-0.25, -0.2) is 0 Å². The fourth-order valence-electron chi connectivity index (χ4n) is 1.45. The summed E-state index contributed by atoms with van der Waals surface area (Å²) in [5.41, 5.74) is -4.70. The number of ether oxygens (including phenoxy) is 2. The highest BCUT2D eigenvalue weighted by atomic mass is 32.2. The van der Waals surface area contributed by atoms with Gasteiger partial charge in [0.05, 0.1) is 26.4 Å². The molecule has 0 bridgehead atoms. The van der Waals surface area contributed by atoms with E-state index in [4.69, 9.17) is 9.47 Å². The molecule has 0 N–H and O–H groups in total. The van der Waals surface area contributed by atoms with Crippen LogP contribution in [0.3, 0.4) is 0 Å². The van der Waals surface area contributed by atoms with Crippen LogP contribution in [0.1, 0.15) is 5.56 Å². The molecule has 0 fully saturated rings. The lowest BCUT2D eigenvalue weighted by Gasteiger charge is -2.18. The zero-order valence-electron chi connectivity index (χ0n) is 12.2. The number of benzene rings is 1. The van der Waals surface area contributed by atoms with Gasteiger partial charge in [0.25, 0.3) is 0 Å². The highest BCUT2D eigenvalue weighted by Gasteiger charge is 2.47. The molecule has 1 aromatic rings. The number of halogens is 3. The van der Waals surface area contributed by atoms with Crippen molar-refractivity contribution in [3.63, 3.8) is 0 Å². The van der Waals surface area contributed by atoms with Crippen LogP contribution in [-0.4, -0.2) is 39.9 Å². The molecule has 0 saturated carbocycles. The van der Waals surface area contributed by atoms with Gasteiger partial charge in [-0.15, -0.1) is 6.58 Å². The van der Waals surface area contributed by atoms with Crippen LogP contribution in [-0.2, 0) is 30.4 Å². The fourth-order valence-corrected chi connectivity index (χ4v) is 1.91. The van der Waals surface area contributed by atoms with Crippen LogP contribution in [0, 0.1) is 0 Å². The Balaban J connectivity index is 2.59. The van der Waals surface area contributed by atoms with Crippen LogP contribution in [0.5, 0.6) is 0 Å². The fraction of sp³-hybridized carbons (Fsp3) is 0.429. The van der Waals surface area contributed by atoms with E-state index in [2.05, 4.69) is 10.8 Å². The first-order chi connectivity index (χ1) is 10.8. The van der Waals surface area contributed by atoms with Crippen molar-refractivity contribution in [2.45, 2.75) is 18.2 Å². The molecule has 1 aromatic carbocycles. The molecule has 23 heavy (non-hydrogen) atoms. The van der Waals surface area contributed by atoms with Crippen molar-refractivity contribution in [2.24, 2.45) is 0 Å². The van der Waals surface area contributed by atoms with Crippen LogP contribution in [0.15, 0.2) is 43.0 Å². The van der Waals surface area contributed by atoms with Crippen LogP contribution in [0.2, 0.25) is 0 Å². The van der Waals surface area contributed by atoms with Gasteiger partial charge in [-0.2, -0.15) is 21.6 Å². The summed E-state index contributed by atoms with van der Waals surface area (Å²) in [4.78, 5) is 0. The van der Waals surface area contributed by atoms with E-state index in [1.165, 1.54) is 6.08 Å². The van der Waals surface area contributed by atoms with Crippen molar-refractivity contribution in [2.75, 3.05) is 19.8 Å². The third kappa shape index (κ3) is 7.12. The molecule has 0 aliphatic rings. The summed E-state index contributed by atoms with van der Waals surface area (Å²) in [5.74, 6) is 0. The maximum Gasteiger partial charge on any atom is 0.523 e. The standard InChI is InChI=1S/C14H17F3O5S/c1-2-8-20-10-13(11-22-23(18,19)14(15,16)17)21-9-12-6-4-3-5-7-12/h2-7,13H,1,8-11H2. The summed E-state index contributed by atoms with van der Waals surface area (Å²) < 4.78 is 73.0. The minimum atomic E-state index is -5.66. The van der Waals surface area contributed by atoms with E-state index < -0.39 is 28.3 Å². The van der Waals surface area contributed by atoms with Gasteiger partial charge in [0.15, 0.2) is 0 Å². The van der Waals surface area contributed by atoms with Crippen LogP contribution < -0.4 is 0 Å². The second-order valence-corrected chi connectivity index (χ2v) is 6.04. The van der Waals surface area contributed by atoms with Gasteiger partial charge in [-0.1, -0.05) is 36.4 Å². The van der Waals surface area contributed by atoms with Gasteiger partial charge in [0.1, 0.15) is 6.10 Å². The molecule has 5 nitrogen and oxygen atoms in total. The largest absolute Gasteiger partial charge is 0.523 e.